The van der Waals surface area contributed by atoms with Gasteiger partial charge in [-0.1, -0.05) is 0 Å². The lowest BCUT2D eigenvalue weighted by Crippen LogP contribution is -2.07. The van der Waals surface area contributed by atoms with Crippen molar-refractivity contribution >= 4 is 0 Å². The van der Waals surface area contributed by atoms with E-state index in [1.807, 2.05) is 7.11 Å². The van der Waals surface area contributed by atoms with Crippen molar-refractivity contribution in [1.29, 1.82) is 0 Å². The SMILES string of the molecule is CO[C@@H]1CC[C@@H]2C[C@@H]21. The average molecular weight is 112 g/mol. The maximum atomic E-state index is 5.27. The Balaban J connectivity index is 1.97. The van der Waals surface area contributed by atoms with Crippen LogP contribution in [0.3, 0.4) is 0 Å². The number of ether oxygens (including phenoxy) is 1. The molecular formula is C7H12O. The maximum absolute atomic E-state index is 5.27. The Morgan fingerprint density at radius 3 is 2.50 bits per heavy atom. The summed E-state index contributed by atoms with van der Waals surface area (Å²) in [5.74, 6) is 2.04. The predicted octanol–water partition coefficient (Wildman–Crippen LogP) is 1.43. The van der Waals surface area contributed by atoms with Crippen molar-refractivity contribution in [3.05, 3.63) is 0 Å². The molecule has 0 aromatic heterocycles. The molecule has 2 aliphatic carbocycles. The van der Waals surface area contributed by atoms with Crippen LogP contribution in [0.25, 0.3) is 0 Å². The zero-order valence-electron chi connectivity index (χ0n) is 5.26. The van der Waals surface area contributed by atoms with Gasteiger partial charge in [0.2, 0.25) is 0 Å². The van der Waals surface area contributed by atoms with Gasteiger partial charge in [0.1, 0.15) is 0 Å². The zero-order chi connectivity index (χ0) is 5.56. The molecule has 1 nitrogen and oxygen atoms in total. The Labute approximate surface area is 50.0 Å². The third-order valence-electron chi connectivity index (χ3n) is 2.58. The highest BCUT2D eigenvalue weighted by atomic mass is 16.5. The van der Waals surface area contributed by atoms with Crippen LogP contribution in [0.1, 0.15) is 19.3 Å². The Bertz CT molecular complexity index is 101. The summed E-state index contributed by atoms with van der Waals surface area (Å²) in [6.45, 7) is 0. The Morgan fingerprint density at radius 2 is 2.25 bits per heavy atom. The highest BCUT2D eigenvalue weighted by Gasteiger charge is 2.48. The first-order valence-electron chi connectivity index (χ1n) is 3.44. The third-order valence-corrected chi connectivity index (χ3v) is 2.58. The second kappa shape index (κ2) is 1.47. The molecule has 0 aliphatic heterocycles. The maximum Gasteiger partial charge on any atom is 0.0602 e. The van der Waals surface area contributed by atoms with E-state index in [9.17, 15) is 0 Å². The van der Waals surface area contributed by atoms with E-state index in [-0.39, 0.29) is 0 Å². The Hall–Kier alpha value is -0.0400. The fourth-order valence-corrected chi connectivity index (χ4v) is 1.94. The van der Waals surface area contributed by atoms with Crippen LogP contribution in [-0.2, 0) is 4.74 Å². The van der Waals surface area contributed by atoms with Crippen molar-refractivity contribution in [3.8, 4) is 0 Å². The van der Waals surface area contributed by atoms with Gasteiger partial charge in [-0.15, -0.1) is 0 Å². The third kappa shape index (κ3) is 0.510. The molecule has 0 spiro atoms. The number of hydrogen-bond acceptors (Lipinski definition) is 1. The van der Waals surface area contributed by atoms with Crippen LogP contribution in [0.4, 0.5) is 0 Å². The standard InChI is InChI=1S/C7H12O/c1-8-7-3-2-5-4-6(5)7/h5-7H,2-4H2,1H3/t5-,6+,7-/m1/s1. The molecule has 2 aliphatic rings. The van der Waals surface area contributed by atoms with Crippen LogP contribution < -0.4 is 0 Å². The summed E-state index contributed by atoms with van der Waals surface area (Å²) in [4.78, 5) is 0. The first-order chi connectivity index (χ1) is 3.92. The first-order valence-corrected chi connectivity index (χ1v) is 3.44. The molecular weight excluding hydrogens is 100 g/mol. The monoisotopic (exact) mass is 112 g/mol. The van der Waals surface area contributed by atoms with Gasteiger partial charge in [-0.05, 0) is 31.1 Å². The number of fused-ring (bicyclic) bond motifs is 1. The van der Waals surface area contributed by atoms with Crippen LogP contribution in [0.15, 0.2) is 0 Å². The molecule has 8 heavy (non-hydrogen) atoms. The lowest BCUT2D eigenvalue weighted by Gasteiger charge is -2.06. The molecule has 0 amide bonds. The second-order valence-electron chi connectivity index (χ2n) is 3.01. The number of rotatable bonds is 1. The van der Waals surface area contributed by atoms with Gasteiger partial charge in [0.15, 0.2) is 0 Å². The Morgan fingerprint density at radius 1 is 1.38 bits per heavy atom. The van der Waals surface area contributed by atoms with Crippen LogP contribution in [0, 0.1) is 11.8 Å². The summed E-state index contributed by atoms with van der Waals surface area (Å²) in [6, 6.07) is 0. The molecule has 2 rings (SSSR count). The van der Waals surface area contributed by atoms with E-state index >= 15 is 0 Å². The van der Waals surface area contributed by atoms with Crippen molar-refractivity contribution < 1.29 is 4.74 Å². The van der Waals surface area contributed by atoms with E-state index in [1.165, 1.54) is 19.3 Å². The molecule has 3 atom stereocenters. The van der Waals surface area contributed by atoms with E-state index in [2.05, 4.69) is 0 Å². The van der Waals surface area contributed by atoms with Crippen molar-refractivity contribution in [3.63, 3.8) is 0 Å². The largest absolute Gasteiger partial charge is 0.381 e. The molecule has 0 unspecified atom stereocenters. The van der Waals surface area contributed by atoms with Crippen molar-refractivity contribution in [2.24, 2.45) is 11.8 Å². The van der Waals surface area contributed by atoms with E-state index in [4.69, 9.17) is 4.74 Å². The molecule has 1 heteroatoms. The van der Waals surface area contributed by atoms with Gasteiger partial charge >= 0.3 is 0 Å². The van der Waals surface area contributed by atoms with Crippen molar-refractivity contribution in [2.75, 3.05) is 7.11 Å². The summed E-state index contributed by atoms with van der Waals surface area (Å²) < 4.78 is 5.27. The van der Waals surface area contributed by atoms with Gasteiger partial charge < -0.3 is 4.74 Å². The number of methoxy groups -OCH3 is 1. The predicted molar refractivity (Wildman–Crippen MR) is 31.6 cm³/mol. The van der Waals surface area contributed by atoms with Gasteiger partial charge in [0, 0.05) is 7.11 Å². The fraction of sp³-hybridized carbons (Fsp3) is 1.00. The summed E-state index contributed by atoms with van der Waals surface area (Å²) in [7, 11) is 1.84. The summed E-state index contributed by atoms with van der Waals surface area (Å²) in [5, 5.41) is 0. The van der Waals surface area contributed by atoms with Gasteiger partial charge in [0.05, 0.1) is 6.10 Å². The quantitative estimate of drug-likeness (QED) is 0.498. The molecule has 2 fully saturated rings. The molecule has 0 aromatic rings. The van der Waals surface area contributed by atoms with Crippen LogP contribution >= 0.6 is 0 Å². The molecule has 0 N–H and O–H groups in total. The van der Waals surface area contributed by atoms with Gasteiger partial charge in [-0.25, -0.2) is 0 Å². The first kappa shape index (κ1) is 4.80. The van der Waals surface area contributed by atoms with Crippen molar-refractivity contribution in [1.82, 2.24) is 0 Å². The number of hydrogen-bond donors (Lipinski definition) is 0. The van der Waals surface area contributed by atoms with Gasteiger partial charge in [0.25, 0.3) is 0 Å². The average Bonchev–Trinajstić information content (AvgIpc) is 2.46. The Kier molecular flexibility index (Phi) is 0.884. The summed E-state index contributed by atoms with van der Waals surface area (Å²) in [6.07, 6.45) is 4.85. The highest BCUT2D eigenvalue weighted by molar-refractivity contribution is 4.98. The lowest BCUT2D eigenvalue weighted by atomic mass is 10.2. The minimum atomic E-state index is 0.639. The molecule has 46 valence electrons. The van der Waals surface area contributed by atoms with E-state index in [0.717, 1.165) is 11.8 Å². The topological polar surface area (TPSA) is 9.23 Å². The van der Waals surface area contributed by atoms with Crippen LogP contribution in [0.5, 0.6) is 0 Å². The fourth-order valence-electron chi connectivity index (χ4n) is 1.94. The minimum absolute atomic E-state index is 0.639. The molecule has 0 aromatic carbocycles. The summed E-state index contributed by atoms with van der Waals surface area (Å²) in [5.41, 5.74) is 0. The normalized spacial score (nSPS) is 51.4. The van der Waals surface area contributed by atoms with Crippen LogP contribution in [0.2, 0.25) is 0 Å². The zero-order valence-corrected chi connectivity index (χ0v) is 5.26. The minimum Gasteiger partial charge on any atom is -0.381 e. The van der Waals surface area contributed by atoms with E-state index < -0.39 is 0 Å². The second-order valence-corrected chi connectivity index (χ2v) is 3.01. The lowest BCUT2D eigenvalue weighted by molar-refractivity contribution is 0.0908. The molecule has 0 bridgehead atoms. The smallest absolute Gasteiger partial charge is 0.0602 e. The van der Waals surface area contributed by atoms with Gasteiger partial charge in [-0.3, -0.25) is 0 Å². The van der Waals surface area contributed by atoms with Crippen molar-refractivity contribution in [2.45, 2.75) is 25.4 Å². The molecule has 0 heterocycles. The van der Waals surface area contributed by atoms with E-state index in [0.29, 0.717) is 6.10 Å². The molecule has 0 saturated heterocycles. The molecule has 0 radical (unpaired) electrons. The van der Waals surface area contributed by atoms with Gasteiger partial charge in [-0.2, -0.15) is 0 Å². The summed E-state index contributed by atoms with van der Waals surface area (Å²) >= 11 is 0. The van der Waals surface area contributed by atoms with Crippen LogP contribution in [-0.4, -0.2) is 13.2 Å². The highest BCUT2D eigenvalue weighted by Crippen LogP contribution is 2.52. The molecule has 2 saturated carbocycles. The van der Waals surface area contributed by atoms with E-state index in [1.54, 1.807) is 0 Å².